The highest BCUT2D eigenvalue weighted by molar-refractivity contribution is 6.18. The Morgan fingerprint density at radius 2 is 2.36 bits per heavy atom. The zero-order chi connectivity index (χ0) is 10.6. The number of alkyl halides is 1. The standard InChI is InChI=1S/C9H17ClN2O2/c10-6-7(13)5-9(11)3-1-2-4-12-8(9)14/h7,13H,1-6,11H2,(H,12,14). The average Bonchev–Trinajstić information content (AvgIpc) is 2.30. The lowest BCUT2D eigenvalue weighted by Gasteiger charge is -2.27. The molecule has 2 atom stereocenters. The minimum absolute atomic E-state index is 0.117. The molecule has 5 heteroatoms. The number of hydrogen-bond acceptors (Lipinski definition) is 3. The number of amides is 1. The summed E-state index contributed by atoms with van der Waals surface area (Å²) < 4.78 is 0. The van der Waals surface area contributed by atoms with Crippen LogP contribution in [0.2, 0.25) is 0 Å². The number of aliphatic hydroxyl groups is 1. The summed E-state index contributed by atoms with van der Waals surface area (Å²) in [5.41, 5.74) is 5.01. The number of carbonyl (C=O) groups is 1. The summed E-state index contributed by atoms with van der Waals surface area (Å²) in [7, 11) is 0. The first-order valence-electron chi connectivity index (χ1n) is 4.90. The molecule has 1 aliphatic heterocycles. The van der Waals surface area contributed by atoms with E-state index in [9.17, 15) is 9.90 Å². The van der Waals surface area contributed by atoms with E-state index in [1.807, 2.05) is 0 Å². The van der Waals surface area contributed by atoms with E-state index in [1.165, 1.54) is 0 Å². The fraction of sp³-hybridized carbons (Fsp3) is 0.889. The van der Waals surface area contributed by atoms with E-state index in [0.29, 0.717) is 13.0 Å². The molecule has 82 valence electrons. The van der Waals surface area contributed by atoms with Crippen LogP contribution in [0.5, 0.6) is 0 Å². The van der Waals surface area contributed by atoms with Gasteiger partial charge in [-0.15, -0.1) is 11.6 Å². The molecule has 0 aromatic rings. The normalized spacial score (nSPS) is 30.6. The van der Waals surface area contributed by atoms with Crippen molar-refractivity contribution in [2.75, 3.05) is 12.4 Å². The summed E-state index contributed by atoms with van der Waals surface area (Å²) in [5, 5.41) is 12.1. The second kappa shape index (κ2) is 4.96. The van der Waals surface area contributed by atoms with Crippen molar-refractivity contribution in [2.45, 2.75) is 37.3 Å². The summed E-state index contributed by atoms with van der Waals surface area (Å²) in [6, 6.07) is 0. The summed E-state index contributed by atoms with van der Waals surface area (Å²) in [6.07, 6.45) is 2.01. The minimum Gasteiger partial charge on any atom is -0.392 e. The van der Waals surface area contributed by atoms with E-state index < -0.39 is 11.6 Å². The number of aliphatic hydroxyl groups excluding tert-OH is 1. The lowest BCUT2D eigenvalue weighted by atomic mass is 9.88. The van der Waals surface area contributed by atoms with Crippen molar-refractivity contribution in [3.05, 3.63) is 0 Å². The molecule has 1 aliphatic rings. The van der Waals surface area contributed by atoms with Crippen LogP contribution in [0.15, 0.2) is 0 Å². The van der Waals surface area contributed by atoms with Crippen molar-refractivity contribution < 1.29 is 9.90 Å². The molecule has 4 N–H and O–H groups in total. The van der Waals surface area contributed by atoms with Gasteiger partial charge in [-0.1, -0.05) is 0 Å². The first kappa shape index (κ1) is 11.8. The van der Waals surface area contributed by atoms with Crippen LogP contribution in [0.4, 0.5) is 0 Å². The van der Waals surface area contributed by atoms with Crippen LogP contribution < -0.4 is 11.1 Å². The van der Waals surface area contributed by atoms with Gasteiger partial charge in [0.05, 0.1) is 11.6 Å². The molecule has 1 heterocycles. The second-order valence-corrected chi connectivity index (χ2v) is 4.19. The van der Waals surface area contributed by atoms with Crippen LogP contribution >= 0.6 is 11.6 Å². The zero-order valence-electron chi connectivity index (χ0n) is 8.13. The van der Waals surface area contributed by atoms with Crippen molar-refractivity contribution in [3.8, 4) is 0 Å². The van der Waals surface area contributed by atoms with Crippen LogP contribution in [-0.4, -0.2) is 35.1 Å². The minimum atomic E-state index is -0.940. The molecule has 0 aromatic carbocycles. The van der Waals surface area contributed by atoms with Gasteiger partial charge in [0.25, 0.3) is 0 Å². The number of halogens is 1. The summed E-state index contributed by atoms with van der Waals surface area (Å²) in [5.74, 6) is -0.0501. The van der Waals surface area contributed by atoms with Gasteiger partial charge in [0.2, 0.25) is 5.91 Å². The number of nitrogens with one attached hydrogen (secondary N) is 1. The van der Waals surface area contributed by atoms with Gasteiger partial charge in [0.15, 0.2) is 0 Å². The first-order valence-corrected chi connectivity index (χ1v) is 5.43. The van der Waals surface area contributed by atoms with E-state index in [2.05, 4.69) is 5.32 Å². The van der Waals surface area contributed by atoms with Gasteiger partial charge in [-0.05, 0) is 19.3 Å². The molecule has 14 heavy (non-hydrogen) atoms. The molecule has 0 radical (unpaired) electrons. The average molecular weight is 221 g/mol. The molecular weight excluding hydrogens is 204 g/mol. The fourth-order valence-corrected chi connectivity index (χ4v) is 1.84. The maximum Gasteiger partial charge on any atom is 0.240 e. The number of carbonyl (C=O) groups excluding carboxylic acids is 1. The van der Waals surface area contributed by atoms with Gasteiger partial charge in [-0.2, -0.15) is 0 Å². The first-order chi connectivity index (χ1) is 6.58. The topological polar surface area (TPSA) is 75.3 Å². The Hall–Kier alpha value is -0.320. The highest BCUT2D eigenvalue weighted by atomic mass is 35.5. The van der Waals surface area contributed by atoms with Crippen LogP contribution in [0.1, 0.15) is 25.7 Å². The van der Waals surface area contributed by atoms with E-state index in [0.717, 1.165) is 12.8 Å². The van der Waals surface area contributed by atoms with Crippen molar-refractivity contribution in [1.29, 1.82) is 0 Å². The Bertz CT molecular complexity index is 213. The predicted molar refractivity (Wildman–Crippen MR) is 55.1 cm³/mol. The van der Waals surface area contributed by atoms with E-state index in [1.54, 1.807) is 0 Å². The van der Waals surface area contributed by atoms with Gasteiger partial charge in [0, 0.05) is 18.8 Å². The molecule has 0 aliphatic carbocycles. The molecule has 0 spiro atoms. The van der Waals surface area contributed by atoms with Crippen molar-refractivity contribution in [3.63, 3.8) is 0 Å². The fourth-order valence-electron chi connectivity index (χ4n) is 1.73. The molecule has 0 bridgehead atoms. The molecule has 0 saturated carbocycles. The zero-order valence-corrected chi connectivity index (χ0v) is 8.89. The van der Waals surface area contributed by atoms with Crippen LogP contribution in [0.3, 0.4) is 0 Å². The molecule has 0 aromatic heterocycles. The monoisotopic (exact) mass is 220 g/mol. The largest absolute Gasteiger partial charge is 0.392 e. The Kier molecular flexibility index (Phi) is 4.16. The van der Waals surface area contributed by atoms with Gasteiger partial charge in [0.1, 0.15) is 0 Å². The van der Waals surface area contributed by atoms with Crippen molar-refractivity contribution >= 4 is 17.5 Å². The van der Waals surface area contributed by atoms with E-state index >= 15 is 0 Å². The molecule has 1 rings (SSSR count). The summed E-state index contributed by atoms with van der Waals surface area (Å²) in [4.78, 5) is 11.6. The molecule has 2 unspecified atom stereocenters. The SMILES string of the molecule is NC1(CC(O)CCl)CCCCNC1=O. The Morgan fingerprint density at radius 1 is 1.64 bits per heavy atom. The highest BCUT2D eigenvalue weighted by Gasteiger charge is 2.36. The summed E-state index contributed by atoms with van der Waals surface area (Å²) in [6.45, 7) is 0.675. The lowest BCUT2D eigenvalue weighted by molar-refractivity contribution is -0.127. The van der Waals surface area contributed by atoms with Gasteiger partial charge < -0.3 is 16.2 Å². The maximum atomic E-state index is 11.6. The third-order valence-corrected chi connectivity index (χ3v) is 2.92. The van der Waals surface area contributed by atoms with Gasteiger partial charge >= 0.3 is 0 Å². The van der Waals surface area contributed by atoms with Gasteiger partial charge in [-0.25, -0.2) is 0 Å². The Labute approximate surface area is 88.8 Å². The third-order valence-electron chi connectivity index (χ3n) is 2.57. The van der Waals surface area contributed by atoms with Crippen LogP contribution in [-0.2, 0) is 4.79 Å². The van der Waals surface area contributed by atoms with Crippen LogP contribution in [0, 0.1) is 0 Å². The van der Waals surface area contributed by atoms with Gasteiger partial charge in [-0.3, -0.25) is 4.79 Å². The van der Waals surface area contributed by atoms with E-state index in [-0.39, 0.29) is 18.2 Å². The predicted octanol–water partition coefficient (Wildman–Crippen LogP) is -0.0262. The molecule has 1 saturated heterocycles. The number of nitrogens with two attached hydrogens (primary N) is 1. The molecule has 1 amide bonds. The second-order valence-electron chi connectivity index (χ2n) is 3.88. The highest BCUT2D eigenvalue weighted by Crippen LogP contribution is 2.21. The Balaban J connectivity index is 2.62. The lowest BCUT2D eigenvalue weighted by Crippen LogP contribution is -2.54. The molecule has 1 fully saturated rings. The molecular formula is C9H17ClN2O2. The van der Waals surface area contributed by atoms with Crippen molar-refractivity contribution in [1.82, 2.24) is 5.32 Å². The summed E-state index contributed by atoms with van der Waals surface area (Å²) >= 11 is 5.48. The van der Waals surface area contributed by atoms with Crippen molar-refractivity contribution in [2.24, 2.45) is 5.73 Å². The number of rotatable bonds is 3. The smallest absolute Gasteiger partial charge is 0.240 e. The quantitative estimate of drug-likeness (QED) is 0.585. The number of hydrogen-bond donors (Lipinski definition) is 3. The maximum absolute atomic E-state index is 11.6. The Morgan fingerprint density at radius 3 is 3.00 bits per heavy atom. The third kappa shape index (κ3) is 2.83. The van der Waals surface area contributed by atoms with Crippen LogP contribution in [0.25, 0.3) is 0 Å². The van der Waals surface area contributed by atoms with E-state index in [4.69, 9.17) is 17.3 Å². The molecule has 4 nitrogen and oxygen atoms in total.